The van der Waals surface area contributed by atoms with E-state index in [9.17, 15) is 14.3 Å². The van der Waals surface area contributed by atoms with Crippen molar-refractivity contribution in [2.24, 2.45) is 0 Å². The van der Waals surface area contributed by atoms with Gasteiger partial charge < -0.3 is 9.84 Å². The summed E-state index contributed by atoms with van der Waals surface area (Å²) in [4.78, 5) is 11.3. The Kier molecular flexibility index (Phi) is 5.68. The van der Waals surface area contributed by atoms with Crippen molar-refractivity contribution in [3.63, 3.8) is 0 Å². The van der Waals surface area contributed by atoms with Crippen molar-refractivity contribution >= 4 is 5.91 Å². The van der Waals surface area contributed by atoms with E-state index >= 15 is 0 Å². The molecule has 0 saturated heterocycles. The van der Waals surface area contributed by atoms with Crippen molar-refractivity contribution in [1.29, 1.82) is 0 Å². The molecule has 1 rings (SSSR count). The highest BCUT2D eigenvalue weighted by Gasteiger charge is 2.23. The van der Waals surface area contributed by atoms with Crippen LogP contribution in [0.2, 0.25) is 0 Å². The number of ether oxygens (including phenoxy) is 1. The highest BCUT2D eigenvalue weighted by atomic mass is 19.1. The first-order chi connectivity index (χ1) is 9.01. The molecule has 0 saturated carbocycles. The van der Waals surface area contributed by atoms with E-state index in [1.165, 1.54) is 31.6 Å². The predicted octanol–water partition coefficient (Wildman–Crippen LogP) is 0.179. The molecule has 0 spiro atoms. The molecule has 0 aliphatic carbocycles. The Labute approximate surface area is 110 Å². The van der Waals surface area contributed by atoms with Gasteiger partial charge in [0.1, 0.15) is 17.6 Å². The van der Waals surface area contributed by atoms with E-state index in [4.69, 9.17) is 9.94 Å². The van der Waals surface area contributed by atoms with Gasteiger partial charge in [-0.3, -0.25) is 15.3 Å². The second kappa shape index (κ2) is 7.03. The molecule has 4 N–H and O–H groups in total. The van der Waals surface area contributed by atoms with Crippen LogP contribution in [-0.2, 0) is 11.3 Å². The molecule has 0 aliphatic rings. The number of hydrogen-bond donors (Lipinski definition) is 4. The van der Waals surface area contributed by atoms with E-state index < -0.39 is 23.9 Å². The molecule has 0 bridgehead atoms. The summed E-state index contributed by atoms with van der Waals surface area (Å²) in [6, 6.07) is 3.30. The average Bonchev–Trinajstić information content (AvgIpc) is 2.39. The lowest BCUT2D eigenvalue weighted by atomic mass is 10.1. The standard InChI is InChI=1S/C12H17FN2O4/c1-7(16)11(12(17)15-18)14-6-8-9(13)4-3-5-10(8)19-2/h3-5,7,11,14,16,18H,6H2,1-2H3,(H,15,17)/t7-,11+/m1/s1. The van der Waals surface area contributed by atoms with E-state index in [-0.39, 0.29) is 12.1 Å². The Hall–Kier alpha value is -1.70. The SMILES string of the molecule is COc1cccc(F)c1CN[C@H](C(=O)NO)[C@@H](C)O. The molecule has 0 unspecified atom stereocenters. The van der Waals surface area contributed by atoms with Crippen LogP contribution in [0.4, 0.5) is 4.39 Å². The van der Waals surface area contributed by atoms with Crippen molar-refractivity contribution in [3.8, 4) is 5.75 Å². The number of aliphatic hydroxyl groups is 1. The van der Waals surface area contributed by atoms with Crippen molar-refractivity contribution in [2.75, 3.05) is 7.11 Å². The summed E-state index contributed by atoms with van der Waals surface area (Å²) in [6.07, 6.45) is -1.05. The molecule has 0 aromatic heterocycles. The third kappa shape index (κ3) is 3.88. The topological polar surface area (TPSA) is 90.8 Å². The molecule has 7 heteroatoms. The first kappa shape index (κ1) is 15.4. The molecule has 1 aromatic rings. The maximum absolute atomic E-state index is 13.6. The summed E-state index contributed by atoms with van der Waals surface area (Å²) >= 11 is 0. The molecule has 6 nitrogen and oxygen atoms in total. The molecule has 0 heterocycles. The fraction of sp³-hybridized carbons (Fsp3) is 0.417. The molecule has 0 fully saturated rings. The van der Waals surface area contributed by atoms with E-state index in [0.29, 0.717) is 5.75 Å². The molecule has 19 heavy (non-hydrogen) atoms. The molecular weight excluding hydrogens is 255 g/mol. The second-order valence-electron chi connectivity index (χ2n) is 4.00. The number of halogens is 1. The van der Waals surface area contributed by atoms with Crippen LogP contribution in [-0.4, -0.2) is 35.5 Å². The maximum atomic E-state index is 13.6. The van der Waals surface area contributed by atoms with E-state index in [1.807, 2.05) is 0 Å². The lowest BCUT2D eigenvalue weighted by Crippen LogP contribution is -2.49. The molecule has 1 amide bonds. The summed E-state index contributed by atoms with van der Waals surface area (Å²) in [5, 5.41) is 20.6. The Bertz CT molecular complexity index is 440. The van der Waals surface area contributed by atoms with Crippen LogP contribution in [0, 0.1) is 5.82 Å². The quantitative estimate of drug-likeness (QED) is 0.438. The Morgan fingerprint density at radius 1 is 1.53 bits per heavy atom. The highest BCUT2D eigenvalue weighted by Crippen LogP contribution is 2.21. The van der Waals surface area contributed by atoms with Gasteiger partial charge in [0.05, 0.1) is 13.2 Å². The van der Waals surface area contributed by atoms with Gasteiger partial charge in [-0.05, 0) is 19.1 Å². The summed E-state index contributed by atoms with van der Waals surface area (Å²) in [5.74, 6) is -0.952. The van der Waals surface area contributed by atoms with Crippen molar-refractivity contribution in [1.82, 2.24) is 10.8 Å². The molecule has 0 aliphatic heterocycles. The minimum absolute atomic E-state index is 0.0289. The number of hydrogen-bond acceptors (Lipinski definition) is 5. The van der Waals surface area contributed by atoms with Crippen LogP contribution in [0.1, 0.15) is 12.5 Å². The molecular formula is C12H17FN2O4. The number of carbonyl (C=O) groups is 1. The predicted molar refractivity (Wildman–Crippen MR) is 65.2 cm³/mol. The normalized spacial score (nSPS) is 13.7. The number of benzene rings is 1. The fourth-order valence-electron chi connectivity index (χ4n) is 1.67. The van der Waals surface area contributed by atoms with Gasteiger partial charge in [-0.1, -0.05) is 6.07 Å². The van der Waals surface area contributed by atoms with Crippen molar-refractivity contribution in [3.05, 3.63) is 29.6 Å². The summed E-state index contributed by atoms with van der Waals surface area (Å²) in [5.41, 5.74) is 1.68. The summed E-state index contributed by atoms with van der Waals surface area (Å²) in [7, 11) is 1.41. The monoisotopic (exact) mass is 272 g/mol. The van der Waals surface area contributed by atoms with Gasteiger partial charge >= 0.3 is 0 Å². The smallest absolute Gasteiger partial charge is 0.263 e. The highest BCUT2D eigenvalue weighted by molar-refractivity contribution is 5.81. The number of rotatable bonds is 6. The minimum Gasteiger partial charge on any atom is -0.496 e. The molecule has 0 radical (unpaired) electrons. The van der Waals surface area contributed by atoms with Gasteiger partial charge in [-0.15, -0.1) is 0 Å². The number of methoxy groups -OCH3 is 1. The van der Waals surface area contributed by atoms with Crippen molar-refractivity contribution in [2.45, 2.75) is 25.6 Å². The van der Waals surface area contributed by atoms with E-state index in [0.717, 1.165) is 0 Å². The summed E-state index contributed by atoms with van der Waals surface area (Å²) < 4.78 is 18.7. The van der Waals surface area contributed by atoms with E-state index in [1.54, 1.807) is 6.07 Å². The zero-order valence-corrected chi connectivity index (χ0v) is 10.7. The third-order valence-electron chi connectivity index (χ3n) is 2.67. The minimum atomic E-state index is -1.06. The number of hydroxylamine groups is 1. The lowest BCUT2D eigenvalue weighted by Gasteiger charge is -2.20. The van der Waals surface area contributed by atoms with Crippen molar-refractivity contribution < 1.29 is 24.2 Å². The van der Waals surface area contributed by atoms with Crippen LogP contribution in [0.3, 0.4) is 0 Å². The Morgan fingerprint density at radius 2 is 2.21 bits per heavy atom. The number of amides is 1. The summed E-state index contributed by atoms with van der Waals surface area (Å²) in [6.45, 7) is 1.35. The number of aliphatic hydroxyl groups excluding tert-OH is 1. The van der Waals surface area contributed by atoms with Gasteiger partial charge in [0.2, 0.25) is 0 Å². The van der Waals surface area contributed by atoms with Crippen LogP contribution in [0.25, 0.3) is 0 Å². The number of carbonyl (C=O) groups excluding carboxylic acids is 1. The van der Waals surface area contributed by atoms with Gasteiger partial charge in [-0.25, -0.2) is 9.87 Å². The van der Waals surface area contributed by atoms with Gasteiger partial charge in [0.15, 0.2) is 0 Å². The van der Waals surface area contributed by atoms with Crippen LogP contribution in [0.15, 0.2) is 18.2 Å². The van der Waals surface area contributed by atoms with E-state index in [2.05, 4.69) is 5.32 Å². The van der Waals surface area contributed by atoms with Gasteiger partial charge in [0.25, 0.3) is 5.91 Å². The number of nitrogens with one attached hydrogen (secondary N) is 2. The average molecular weight is 272 g/mol. The van der Waals surface area contributed by atoms with Crippen LogP contribution < -0.4 is 15.5 Å². The third-order valence-corrected chi connectivity index (χ3v) is 2.67. The van der Waals surface area contributed by atoms with Crippen LogP contribution in [0.5, 0.6) is 5.75 Å². The van der Waals surface area contributed by atoms with Crippen LogP contribution >= 0.6 is 0 Å². The second-order valence-corrected chi connectivity index (χ2v) is 4.00. The zero-order valence-electron chi connectivity index (χ0n) is 10.7. The lowest BCUT2D eigenvalue weighted by molar-refractivity contribution is -0.134. The van der Waals surface area contributed by atoms with Gasteiger partial charge in [0, 0.05) is 12.1 Å². The molecule has 2 atom stereocenters. The Balaban J connectivity index is 2.82. The zero-order chi connectivity index (χ0) is 14.4. The first-order valence-corrected chi connectivity index (χ1v) is 5.68. The molecule has 1 aromatic carbocycles. The largest absolute Gasteiger partial charge is 0.496 e. The Morgan fingerprint density at radius 3 is 2.74 bits per heavy atom. The maximum Gasteiger partial charge on any atom is 0.263 e. The van der Waals surface area contributed by atoms with Gasteiger partial charge in [-0.2, -0.15) is 0 Å². The first-order valence-electron chi connectivity index (χ1n) is 5.68. The fourth-order valence-corrected chi connectivity index (χ4v) is 1.67. The molecule has 106 valence electrons.